The lowest BCUT2D eigenvalue weighted by Crippen LogP contribution is -2.47. The molecule has 0 saturated heterocycles. The summed E-state index contributed by atoms with van der Waals surface area (Å²) < 4.78 is 13.2. The third kappa shape index (κ3) is 6.12. The summed E-state index contributed by atoms with van der Waals surface area (Å²) in [6.45, 7) is 0.200. The highest BCUT2D eigenvalue weighted by Gasteiger charge is 2.22. The van der Waals surface area contributed by atoms with Crippen LogP contribution in [0.25, 0.3) is 10.8 Å². The number of carbonyl (C=O) groups excluding carboxylic acids is 2. The Hall–Kier alpha value is -3.25. The summed E-state index contributed by atoms with van der Waals surface area (Å²) in [7, 11) is 3.32. The van der Waals surface area contributed by atoms with Crippen LogP contribution in [0.3, 0.4) is 0 Å². The highest BCUT2D eigenvalue weighted by Crippen LogP contribution is 2.17. The third-order valence-corrected chi connectivity index (χ3v) is 5.45. The standard InChI is InChI=1S/C25H28FN3O2/c1-27-23(15-18-7-10-19-5-3-4-6-20(19)14-18)25(31)29-16-21(24(30)28-2)13-17-8-11-22(26)12-9-17/h3-12,14,21,23,27H,13,15-16H2,1-2H3,(H,28,30)(H,29,31)/t21-,23-/m1/s1. The quantitative estimate of drug-likeness (QED) is 0.498. The molecule has 0 bridgehead atoms. The van der Waals surface area contributed by atoms with Crippen LogP contribution < -0.4 is 16.0 Å². The monoisotopic (exact) mass is 421 g/mol. The molecule has 0 heterocycles. The number of hydrogen-bond acceptors (Lipinski definition) is 3. The van der Waals surface area contributed by atoms with Gasteiger partial charge < -0.3 is 16.0 Å². The minimum absolute atomic E-state index is 0.163. The normalized spacial score (nSPS) is 12.9. The van der Waals surface area contributed by atoms with Gasteiger partial charge in [-0.05, 0) is 53.9 Å². The summed E-state index contributed by atoms with van der Waals surface area (Å²) in [5.74, 6) is -1.10. The number of fused-ring (bicyclic) bond motifs is 1. The number of carbonyl (C=O) groups is 2. The Morgan fingerprint density at radius 3 is 2.19 bits per heavy atom. The minimum Gasteiger partial charge on any atom is -0.359 e. The second-order valence-corrected chi connectivity index (χ2v) is 7.61. The van der Waals surface area contributed by atoms with E-state index in [1.165, 1.54) is 12.1 Å². The van der Waals surface area contributed by atoms with Crippen molar-refractivity contribution in [3.05, 3.63) is 83.7 Å². The van der Waals surface area contributed by atoms with Crippen molar-refractivity contribution in [1.29, 1.82) is 0 Å². The van der Waals surface area contributed by atoms with Crippen LogP contribution in [0.4, 0.5) is 4.39 Å². The van der Waals surface area contributed by atoms with Gasteiger partial charge in [0.1, 0.15) is 5.82 Å². The van der Waals surface area contributed by atoms with Crippen molar-refractivity contribution < 1.29 is 14.0 Å². The third-order valence-electron chi connectivity index (χ3n) is 5.45. The van der Waals surface area contributed by atoms with E-state index in [9.17, 15) is 14.0 Å². The van der Waals surface area contributed by atoms with Gasteiger partial charge in [-0.1, -0.05) is 54.6 Å². The zero-order valence-corrected chi connectivity index (χ0v) is 17.8. The average Bonchev–Trinajstić information content (AvgIpc) is 2.80. The van der Waals surface area contributed by atoms with Gasteiger partial charge in [0.05, 0.1) is 12.0 Å². The van der Waals surface area contributed by atoms with Gasteiger partial charge in [0.15, 0.2) is 0 Å². The second-order valence-electron chi connectivity index (χ2n) is 7.61. The molecule has 0 aliphatic heterocycles. The van der Waals surface area contributed by atoms with Crippen LogP contribution in [-0.4, -0.2) is 38.5 Å². The van der Waals surface area contributed by atoms with Crippen molar-refractivity contribution >= 4 is 22.6 Å². The molecule has 0 aliphatic rings. The van der Waals surface area contributed by atoms with Crippen LogP contribution in [-0.2, 0) is 22.4 Å². The van der Waals surface area contributed by atoms with Crippen molar-refractivity contribution in [2.24, 2.45) is 5.92 Å². The highest BCUT2D eigenvalue weighted by molar-refractivity contribution is 5.85. The number of nitrogens with one attached hydrogen (secondary N) is 3. The van der Waals surface area contributed by atoms with Gasteiger partial charge in [-0.25, -0.2) is 4.39 Å². The van der Waals surface area contributed by atoms with Gasteiger partial charge in [-0.3, -0.25) is 9.59 Å². The summed E-state index contributed by atoms with van der Waals surface area (Å²) in [4.78, 5) is 25.1. The summed E-state index contributed by atoms with van der Waals surface area (Å²) in [5, 5.41) is 10.9. The maximum Gasteiger partial charge on any atom is 0.237 e. The van der Waals surface area contributed by atoms with Crippen molar-refractivity contribution in [1.82, 2.24) is 16.0 Å². The molecule has 162 valence electrons. The number of likely N-dealkylation sites (N-methyl/N-ethyl adjacent to an activating group) is 1. The SMILES string of the molecule is CNC(=O)[C@@H](CNC(=O)[C@@H](Cc1ccc2ccccc2c1)NC)Cc1ccc(F)cc1. The van der Waals surface area contributed by atoms with E-state index < -0.39 is 12.0 Å². The van der Waals surface area contributed by atoms with Crippen molar-refractivity contribution in [2.45, 2.75) is 18.9 Å². The molecule has 3 aromatic carbocycles. The molecule has 3 N–H and O–H groups in total. The zero-order chi connectivity index (χ0) is 22.2. The lowest BCUT2D eigenvalue weighted by molar-refractivity contribution is -0.125. The zero-order valence-electron chi connectivity index (χ0n) is 17.8. The predicted octanol–water partition coefficient (Wildman–Crippen LogP) is 2.83. The molecule has 0 spiro atoms. The molecule has 2 amide bonds. The summed E-state index contributed by atoms with van der Waals surface area (Å²) in [6.07, 6.45) is 0.949. The molecule has 3 rings (SSSR count). The molecule has 0 radical (unpaired) electrons. The fraction of sp³-hybridized carbons (Fsp3) is 0.280. The van der Waals surface area contributed by atoms with E-state index in [-0.39, 0.29) is 24.2 Å². The Morgan fingerprint density at radius 1 is 0.839 bits per heavy atom. The number of hydrogen-bond donors (Lipinski definition) is 3. The molecule has 0 fully saturated rings. The van der Waals surface area contributed by atoms with Crippen LogP contribution in [0.5, 0.6) is 0 Å². The summed E-state index contributed by atoms with van der Waals surface area (Å²) >= 11 is 0. The maximum absolute atomic E-state index is 13.2. The van der Waals surface area contributed by atoms with Crippen LogP contribution in [0.15, 0.2) is 66.7 Å². The van der Waals surface area contributed by atoms with Gasteiger partial charge >= 0.3 is 0 Å². The van der Waals surface area contributed by atoms with E-state index in [1.807, 2.05) is 18.2 Å². The molecule has 5 nitrogen and oxygen atoms in total. The summed E-state index contributed by atoms with van der Waals surface area (Å²) in [6, 6.07) is 19.9. The van der Waals surface area contributed by atoms with Gasteiger partial charge in [0, 0.05) is 13.6 Å². The fourth-order valence-corrected chi connectivity index (χ4v) is 3.64. The Balaban J connectivity index is 1.63. The van der Waals surface area contributed by atoms with E-state index >= 15 is 0 Å². The molecule has 0 aromatic heterocycles. The minimum atomic E-state index is -0.447. The van der Waals surface area contributed by atoms with Crippen LogP contribution in [0.2, 0.25) is 0 Å². The Bertz CT molecular complexity index is 1040. The van der Waals surface area contributed by atoms with Crippen LogP contribution in [0.1, 0.15) is 11.1 Å². The van der Waals surface area contributed by atoms with Gasteiger partial charge in [0.2, 0.25) is 11.8 Å². The Kier molecular flexibility index (Phi) is 7.73. The fourth-order valence-electron chi connectivity index (χ4n) is 3.64. The van der Waals surface area contributed by atoms with Crippen LogP contribution >= 0.6 is 0 Å². The van der Waals surface area contributed by atoms with E-state index in [0.717, 1.165) is 21.9 Å². The van der Waals surface area contributed by atoms with E-state index in [0.29, 0.717) is 12.8 Å². The lowest BCUT2D eigenvalue weighted by atomic mass is 9.97. The number of rotatable bonds is 9. The first-order valence-electron chi connectivity index (χ1n) is 10.4. The number of benzene rings is 3. The molecule has 3 aromatic rings. The number of amides is 2. The first kappa shape index (κ1) is 22.4. The van der Waals surface area contributed by atoms with E-state index in [2.05, 4.69) is 40.2 Å². The average molecular weight is 422 g/mol. The van der Waals surface area contributed by atoms with Gasteiger partial charge in [-0.2, -0.15) is 0 Å². The Morgan fingerprint density at radius 2 is 1.52 bits per heavy atom. The van der Waals surface area contributed by atoms with E-state index in [1.54, 1.807) is 26.2 Å². The molecule has 31 heavy (non-hydrogen) atoms. The van der Waals surface area contributed by atoms with Crippen molar-refractivity contribution in [2.75, 3.05) is 20.6 Å². The molecule has 0 aliphatic carbocycles. The first-order valence-corrected chi connectivity index (χ1v) is 10.4. The van der Waals surface area contributed by atoms with Crippen molar-refractivity contribution in [3.8, 4) is 0 Å². The topological polar surface area (TPSA) is 70.2 Å². The summed E-state index contributed by atoms with van der Waals surface area (Å²) in [5.41, 5.74) is 1.90. The van der Waals surface area contributed by atoms with Gasteiger partial charge in [-0.15, -0.1) is 0 Å². The molecular weight excluding hydrogens is 393 g/mol. The predicted molar refractivity (Wildman–Crippen MR) is 121 cm³/mol. The Labute approximate surface area is 182 Å². The highest BCUT2D eigenvalue weighted by atomic mass is 19.1. The number of halogens is 1. The second kappa shape index (κ2) is 10.7. The van der Waals surface area contributed by atoms with E-state index in [4.69, 9.17) is 0 Å². The van der Waals surface area contributed by atoms with Crippen LogP contribution in [0, 0.1) is 11.7 Å². The molecular formula is C25H28FN3O2. The molecule has 6 heteroatoms. The molecule has 0 saturated carbocycles. The smallest absolute Gasteiger partial charge is 0.237 e. The van der Waals surface area contributed by atoms with Gasteiger partial charge in [0.25, 0.3) is 0 Å². The molecule has 2 atom stereocenters. The first-order chi connectivity index (χ1) is 15.0. The largest absolute Gasteiger partial charge is 0.359 e. The maximum atomic E-state index is 13.2. The molecule has 0 unspecified atom stereocenters. The van der Waals surface area contributed by atoms with Crippen molar-refractivity contribution in [3.63, 3.8) is 0 Å². The lowest BCUT2D eigenvalue weighted by Gasteiger charge is -2.20.